The third-order valence-corrected chi connectivity index (χ3v) is 6.18. The first kappa shape index (κ1) is 18.1. The van der Waals surface area contributed by atoms with Crippen LogP contribution in [0.1, 0.15) is 35.2 Å². The molecule has 0 atom stereocenters. The van der Waals surface area contributed by atoms with Gasteiger partial charge in [-0.25, -0.2) is 4.39 Å². The van der Waals surface area contributed by atoms with Crippen LogP contribution >= 0.6 is 0 Å². The Labute approximate surface area is 178 Å². The number of hydrogen-bond acceptors (Lipinski definition) is 5. The number of piperidine rings is 1. The smallest absolute Gasteiger partial charge is 0.196 e. The zero-order valence-electron chi connectivity index (χ0n) is 16.8. The number of nitrogens with zero attached hydrogens (tertiary/aromatic N) is 2. The molecule has 2 heterocycles. The second kappa shape index (κ2) is 6.94. The molecule has 0 amide bonds. The number of carbonyl (C=O) groups is 1. The van der Waals surface area contributed by atoms with E-state index < -0.39 is 0 Å². The standard InChI is InChI=1S/C25H20FN3O2/c26-15-7-6-8-16(13-15)27-19-14-20(29-11-4-1-5-12-29)23-22-21(19)24(30)17-9-2-3-10-18(17)25(22)31-28-23/h2-3,6-10,13-14,27H,1,4-5,11-12H2. The molecule has 1 saturated heterocycles. The van der Waals surface area contributed by atoms with Crippen molar-refractivity contribution in [3.63, 3.8) is 0 Å². The van der Waals surface area contributed by atoms with Gasteiger partial charge in [0.25, 0.3) is 0 Å². The van der Waals surface area contributed by atoms with Gasteiger partial charge in [0, 0.05) is 29.9 Å². The van der Waals surface area contributed by atoms with Gasteiger partial charge in [-0.1, -0.05) is 35.5 Å². The van der Waals surface area contributed by atoms with Crippen LogP contribution in [0.2, 0.25) is 0 Å². The SMILES string of the molecule is O=C1c2ccccc2-c2onc3c(N4CCCCC4)cc(Nc4cccc(F)c4)c1c23. The Hall–Kier alpha value is -3.67. The number of ketones is 1. The summed E-state index contributed by atoms with van der Waals surface area (Å²) >= 11 is 0. The summed E-state index contributed by atoms with van der Waals surface area (Å²) in [4.78, 5) is 15.9. The van der Waals surface area contributed by atoms with Gasteiger partial charge in [0.05, 0.1) is 22.3 Å². The van der Waals surface area contributed by atoms with Crippen LogP contribution in [0.15, 0.2) is 59.1 Å². The summed E-state index contributed by atoms with van der Waals surface area (Å²) < 4.78 is 19.6. The van der Waals surface area contributed by atoms with Crippen molar-refractivity contribution in [1.29, 1.82) is 0 Å². The van der Waals surface area contributed by atoms with E-state index in [1.807, 2.05) is 24.3 Å². The first-order valence-corrected chi connectivity index (χ1v) is 10.6. The van der Waals surface area contributed by atoms with Crippen molar-refractivity contribution < 1.29 is 13.7 Å². The first-order valence-electron chi connectivity index (χ1n) is 10.6. The molecule has 3 aromatic carbocycles. The predicted octanol–water partition coefficient (Wildman–Crippen LogP) is 5.91. The molecule has 1 aliphatic carbocycles. The zero-order valence-corrected chi connectivity index (χ0v) is 16.8. The molecular weight excluding hydrogens is 393 g/mol. The van der Waals surface area contributed by atoms with Gasteiger partial charge in [-0.15, -0.1) is 0 Å². The number of hydrogen-bond donors (Lipinski definition) is 1. The van der Waals surface area contributed by atoms with Crippen LogP contribution in [0, 0.1) is 5.82 Å². The van der Waals surface area contributed by atoms with Crippen LogP contribution in [0.25, 0.3) is 22.2 Å². The monoisotopic (exact) mass is 413 g/mol. The Kier molecular flexibility index (Phi) is 4.06. The van der Waals surface area contributed by atoms with E-state index in [4.69, 9.17) is 4.52 Å². The Bertz CT molecular complexity index is 1340. The highest BCUT2D eigenvalue weighted by molar-refractivity contribution is 6.28. The highest BCUT2D eigenvalue weighted by Gasteiger charge is 2.33. The number of nitrogens with one attached hydrogen (secondary N) is 1. The molecule has 0 radical (unpaired) electrons. The topological polar surface area (TPSA) is 58.4 Å². The number of benzene rings is 3. The Morgan fingerprint density at radius 2 is 1.77 bits per heavy atom. The molecule has 154 valence electrons. The molecule has 0 saturated carbocycles. The average molecular weight is 413 g/mol. The number of halogens is 1. The van der Waals surface area contributed by atoms with Crippen molar-refractivity contribution in [3.05, 3.63) is 71.5 Å². The van der Waals surface area contributed by atoms with Gasteiger partial charge in [0.1, 0.15) is 11.3 Å². The Balaban J connectivity index is 1.62. The first-order chi connectivity index (χ1) is 15.2. The van der Waals surface area contributed by atoms with Gasteiger partial charge in [-0.2, -0.15) is 0 Å². The van der Waals surface area contributed by atoms with Crippen molar-refractivity contribution in [2.45, 2.75) is 19.3 Å². The highest BCUT2D eigenvalue weighted by Crippen LogP contribution is 2.46. The third kappa shape index (κ3) is 2.82. The Morgan fingerprint density at radius 3 is 2.58 bits per heavy atom. The van der Waals surface area contributed by atoms with E-state index in [0.717, 1.165) is 42.6 Å². The van der Waals surface area contributed by atoms with E-state index in [0.29, 0.717) is 33.8 Å². The van der Waals surface area contributed by atoms with Crippen LogP contribution in [-0.2, 0) is 0 Å². The normalized spacial score (nSPS) is 15.3. The average Bonchev–Trinajstić information content (AvgIpc) is 3.24. The lowest BCUT2D eigenvalue weighted by atomic mass is 9.86. The number of fused-ring (bicyclic) bond motifs is 2. The van der Waals surface area contributed by atoms with Crippen LogP contribution < -0.4 is 10.2 Å². The molecule has 5 nitrogen and oxygen atoms in total. The fraction of sp³-hybridized carbons (Fsp3) is 0.200. The summed E-state index contributed by atoms with van der Waals surface area (Å²) in [5.41, 5.74) is 4.75. The lowest BCUT2D eigenvalue weighted by Crippen LogP contribution is -2.29. The van der Waals surface area contributed by atoms with E-state index >= 15 is 0 Å². The maximum absolute atomic E-state index is 13.8. The van der Waals surface area contributed by atoms with Crippen molar-refractivity contribution in [3.8, 4) is 11.3 Å². The van der Waals surface area contributed by atoms with Crippen molar-refractivity contribution >= 4 is 33.7 Å². The summed E-state index contributed by atoms with van der Waals surface area (Å²) in [5, 5.41) is 8.42. The number of anilines is 3. The zero-order chi connectivity index (χ0) is 20.9. The second-order valence-electron chi connectivity index (χ2n) is 8.11. The number of aromatic nitrogens is 1. The van der Waals surface area contributed by atoms with Crippen LogP contribution in [0.5, 0.6) is 0 Å². The fourth-order valence-corrected chi connectivity index (χ4v) is 4.74. The lowest BCUT2D eigenvalue weighted by molar-refractivity contribution is 0.104. The molecule has 31 heavy (non-hydrogen) atoms. The quantitative estimate of drug-likeness (QED) is 0.398. The van der Waals surface area contributed by atoms with Gasteiger partial charge in [-0.3, -0.25) is 4.79 Å². The van der Waals surface area contributed by atoms with Gasteiger partial charge in [-0.05, 0) is 43.5 Å². The van der Waals surface area contributed by atoms with E-state index in [1.54, 1.807) is 18.2 Å². The predicted molar refractivity (Wildman–Crippen MR) is 119 cm³/mol. The summed E-state index contributed by atoms with van der Waals surface area (Å²) in [6, 6.07) is 15.7. The molecule has 1 aliphatic heterocycles. The summed E-state index contributed by atoms with van der Waals surface area (Å²) in [5.74, 6) is 0.195. The molecule has 1 aromatic heterocycles. The highest BCUT2D eigenvalue weighted by atomic mass is 19.1. The third-order valence-electron chi connectivity index (χ3n) is 6.18. The van der Waals surface area contributed by atoms with Gasteiger partial charge >= 0.3 is 0 Å². The summed E-state index contributed by atoms with van der Waals surface area (Å²) in [6.07, 6.45) is 3.44. The molecular formula is C25H20FN3O2. The van der Waals surface area contributed by atoms with Crippen LogP contribution in [0.4, 0.5) is 21.5 Å². The molecule has 4 aromatic rings. The molecule has 0 bridgehead atoms. The molecule has 1 N–H and O–H groups in total. The fourth-order valence-electron chi connectivity index (χ4n) is 4.74. The number of rotatable bonds is 3. The molecule has 0 spiro atoms. The largest absolute Gasteiger partial charge is 0.370 e. The molecule has 1 fully saturated rings. The van der Waals surface area contributed by atoms with Crippen molar-refractivity contribution in [1.82, 2.24) is 5.16 Å². The minimum absolute atomic E-state index is 0.0830. The minimum atomic E-state index is -0.335. The maximum atomic E-state index is 13.8. The van der Waals surface area contributed by atoms with Gasteiger partial charge in [0.2, 0.25) is 0 Å². The molecule has 6 heteroatoms. The van der Waals surface area contributed by atoms with Crippen molar-refractivity contribution in [2.75, 3.05) is 23.3 Å². The van der Waals surface area contributed by atoms with E-state index in [9.17, 15) is 9.18 Å². The van der Waals surface area contributed by atoms with E-state index in [2.05, 4.69) is 15.4 Å². The van der Waals surface area contributed by atoms with E-state index in [-0.39, 0.29) is 11.6 Å². The van der Waals surface area contributed by atoms with E-state index in [1.165, 1.54) is 18.6 Å². The van der Waals surface area contributed by atoms with Crippen LogP contribution in [-0.4, -0.2) is 24.0 Å². The Morgan fingerprint density at radius 1 is 0.968 bits per heavy atom. The van der Waals surface area contributed by atoms with Crippen LogP contribution in [0.3, 0.4) is 0 Å². The molecule has 6 rings (SSSR count). The molecule has 0 unspecified atom stereocenters. The summed E-state index contributed by atoms with van der Waals surface area (Å²) in [6.45, 7) is 1.86. The summed E-state index contributed by atoms with van der Waals surface area (Å²) in [7, 11) is 0. The van der Waals surface area contributed by atoms with Gasteiger partial charge < -0.3 is 14.7 Å². The maximum Gasteiger partial charge on any atom is 0.196 e. The molecule has 2 aliphatic rings. The van der Waals surface area contributed by atoms with Gasteiger partial charge in [0.15, 0.2) is 11.5 Å². The van der Waals surface area contributed by atoms with Crippen molar-refractivity contribution in [2.24, 2.45) is 0 Å². The lowest BCUT2D eigenvalue weighted by Gasteiger charge is -2.30. The second-order valence-corrected chi connectivity index (χ2v) is 8.11. The number of carbonyl (C=O) groups excluding carboxylic acids is 1. The minimum Gasteiger partial charge on any atom is -0.370 e.